The van der Waals surface area contributed by atoms with Crippen LogP contribution in [-0.2, 0) is 0 Å². The highest BCUT2D eigenvalue weighted by Crippen LogP contribution is 2.56. The van der Waals surface area contributed by atoms with Crippen LogP contribution in [0.5, 0.6) is 5.75 Å². The van der Waals surface area contributed by atoms with Gasteiger partial charge < -0.3 is 9.84 Å². The predicted octanol–water partition coefficient (Wildman–Crippen LogP) is 2.96. The van der Waals surface area contributed by atoms with E-state index in [-0.39, 0.29) is 35.4 Å². The Kier molecular flexibility index (Phi) is 2.93. The number of ether oxygens (including phenoxy) is 1. The molecule has 3 nitrogen and oxygen atoms in total. The number of halogens is 4. The van der Waals surface area contributed by atoms with Gasteiger partial charge in [-0.15, -0.1) is 0 Å². The monoisotopic (exact) mass is 291 g/mol. The number of aryl methyl sites for hydroxylation is 1. The lowest BCUT2D eigenvalue weighted by molar-refractivity contribution is -0.143. The molecule has 1 heterocycles. The van der Waals surface area contributed by atoms with Gasteiger partial charge >= 0.3 is 5.92 Å². The van der Waals surface area contributed by atoms with Crippen molar-refractivity contribution in [3.63, 3.8) is 0 Å². The van der Waals surface area contributed by atoms with E-state index < -0.39 is 30.5 Å². The Bertz CT molecular complexity index is 545. The molecule has 2 atom stereocenters. The summed E-state index contributed by atoms with van der Waals surface area (Å²) in [7, 11) is 0. The maximum atomic E-state index is 13.9. The third-order valence-corrected chi connectivity index (χ3v) is 3.88. The topological polar surface area (TPSA) is 42.4 Å². The van der Waals surface area contributed by atoms with Gasteiger partial charge in [0.05, 0.1) is 6.20 Å². The number of alkyl halides is 4. The summed E-state index contributed by atoms with van der Waals surface area (Å²) < 4.78 is 59.2. The lowest BCUT2D eigenvalue weighted by atomic mass is 9.93. The van der Waals surface area contributed by atoms with Gasteiger partial charge in [-0.3, -0.25) is 4.98 Å². The standard InChI is InChI=1S/C13H13F4NO2/c1-5-9-10(11(15)13(16,17)12(9)19)8(4-18-5)20-7-2-6(14)3-7/h4,6-7,11-12,19H,2-3H2,1H3/t6?,7?,11-,12+/m1/s1. The van der Waals surface area contributed by atoms with Crippen LogP contribution in [-0.4, -0.2) is 28.3 Å². The molecule has 1 saturated carbocycles. The molecule has 1 fully saturated rings. The summed E-state index contributed by atoms with van der Waals surface area (Å²) in [6.07, 6.45) is -4.86. The third kappa shape index (κ3) is 1.79. The SMILES string of the molecule is Cc1ncc(OC2CC(F)C2)c2c1[C@H](O)C(F)(F)[C@@H]2F. The summed E-state index contributed by atoms with van der Waals surface area (Å²) in [6, 6.07) is 0. The molecule has 2 aliphatic carbocycles. The number of rotatable bonds is 2. The minimum absolute atomic E-state index is 0.133. The molecule has 1 N–H and O–H groups in total. The van der Waals surface area contributed by atoms with Crippen molar-refractivity contribution >= 4 is 0 Å². The van der Waals surface area contributed by atoms with Crippen molar-refractivity contribution in [1.82, 2.24) is 4.98 Å². The first-order valence-corrected chi connectivity index (χ1v) is 6.32. The van der Waals surface area contributed by atoms with Gasteiger partial charge in [-0.2, -0.15) is 8.78 Å². The Balaban J connectivity index is 1.99. The largest absolute Gasteiger partial charge is 0.488 e. The number of hydrogen-bond donors (Lipinski definition) is 1. The van der Waals surface area contributed by atoms with E-state index in [2.05, 4.69) is 4.98 Å². The smallest absolute Gasteiger partial charge is 0.312 e. The van der Waals surface area contributed by atoms with Crippen molar-refractivity contribution in [3.8, 4) is 5.75 Å². The first kappa shape index (κ1) is 13.6. The fraction of sp³-hybridized carbons (Fsp3) is 0.615. The zero-order chi connectivity index (χ0) is 14.7. The summed E-state index contributed by atoms with van der Waals surface area (Å²) in [5.41, 5.74) is -0.454. The van der Waals surface area contributed by atoms with Gasteiger partial charge in [0.25, 0.3) is 0 Å². The molecule has 1 aromatic rings. The molecule has 0 saturated heterocycles. The number of pyridine rings is 1. The predicted molar refractivity (Wildman–Crippen MR) is 61.3 cm³/mol. The van der Waals surface area contributed by atoms with E-state index in [9.17, 15) is 22.7 Å². The molecule has 20 heavy (non-hydrogen) atoms. The molecule has 0 unspecified atom stereocenters. The number of aromatic nitrogens is 1. The third-order valence-electron chi connectivity index (χ3n) is 3.88. The first-order chi connectivity index (χ1) is 9.32. The van der Waals surface area contributed by atoms with Gasteiger partial charge in [0, 0.05) is 29.7 Å². The minimum Gasteiger partial charge on any atom is -0.488 e. The minimum atomic E-state index is -3.91. The number of nitrogens with zero attached hydrogens (tertiary/aromatic N) is 1. The van der Waals surface area contributed by atoms with Crippen LogP contribution in [0, 0.1) is 6.92 Å². The van der Waals surface area contributed by atoms with E-state index in [0.717, 1.165) is 6.20 Å². The molecule has 110 valence electrons. The average molecular weight is 291 g/mol. The number of aliphatic hydroxyl groups excluding tert-OH is 1. The normalized spacial score (nSPS) is 34.5. The molecule has 0 aromatic carbocycles. The van der Waals surface area contributed by atoms with E-state index in [1.54, 1.807) is 0 Å². The van der Waals surface area contributed by atoms with Crippen LogP contribution in [0.4, 0.5) is 17.6 Å². The van der Waals surface area contributed by atoms with Gasteiger partial charge in [-0.05, 0) is 6.92 Å². The van der Waals surface area contributed by atoms with Gasteiger partial charge in [0.15, 0.2) is 6.17 Å². The molecular weight excluding hydrogens is 278 g/mol. The van der Waals surface area contributed by atoms with Crippen LogP contribution in [0.3, 0.4) is 0 Å². The van der Waals surface area contributed by atoms with Gasteiger partial charge in [0.2, 0.25) is 0 Å². The van der Waals surface area contributed by atoms with E-state index in [4.69, 9.17) is 4.74 Å². The van der Waals surface area contributed by atoms with Crippen LogP contribution in [0.1, 0.15) is 41.9 Å². The van der Waals surface area contributed by atoms with E-state index in [1.165, 1.54) is 6.92 Å². The van der Waals surface area contributed by atoms with Crippen molar-refractivity contribution in [2.45, 2.75) is 50.2 Å². The molecular formula is C13H13F4NO2. The number of aliphatic hydroxyl groups is 1. The second-order valence-electron chi connectivity index (χ2n) is 5.28. The van der Waals surface area contributed by atoms with Gasteiger partial charge in [0.1, 0.15) is 24.1 Å². The number of hydrogen-bond acceptors (Lipinski definition) is 3. The molecule has 7 heteroatoms. The van der Waals surface area contributed by atoms with Crippen molar-refractivity contribution in [2.75, 3.05) is 0 Å². The quantitative estimate of drug-likeness (QED) is 0.852. The molecule has 2 aliphatic rings. The van der Waals surface area contributed by atoms with Crippen LogP contribution in [0.15, 0.2) is 6.20 Å². The highest BCUT2D eigenvalue weighted by atomic mass is 19.3. The molecule has 1 aromatic heterocycles. The van der Waals surface area contributed by atoms with Crippen molar-refractivity contribution in [3.05, 3.63) is 23.0 Å². The van der Waals surface area contributed by atoms with Crippen LogP contribution < -0.4 is 4.74 Å². The molecule has 0 aliphatic heterocycles. The summed E-state index contributed by atoms with van der Waals surface area (Å²) in [6.45, 7) is 1.42. The van der Waals surface area contributed by atoms with Crippen molar-refractivity contribution < 1.29 is 27.4 Å². The second-order valence-corrected chi connectivity index (χ2v) is 5.28. The van der Waals surface area contributed by atoms with Crippen molar-refractivity contribution in [1.29, 1.82) is 0 Å². The fourth-order valence-corrected chi connectivity index (χ4v) is 2.62. The highest BCUT2D eigenvalue weighted by molar-refractivity contribution is 5.49. The van der Waals surface area contributed by atoms with Crippen LogP contribution >= 0.6 is 0 Å². The van der Waals surface area contributed by atoms with Gasteiger partial charge in [-0.25, -0.2) is 8.78 Å². The zero-order valence-electron chi connectivity index (χ0n) is 10.6. The summed E-state index contributed by atoms with van der Waals surface area (Å²) in [4.78, 5) is 3.85. The number of fused-ring (bicyclic) bond motifs is 1. The maximum Gasteiger partial charge on any atom is 0.312 e. The Morgan fingerprint density at radius 2 is 1.95 bits per heavy atom. The Hall–Kier alpha value is -1.37. The lowest BCUT2D eigenvalue weighted by Gasteiger charge is -2.30. The van der Waals surface area contributed by atoms with Gasteiger partial charge in [-0.1, -0.05) is 0 Å². The molecule has 3 rings (SSSR count). The molecule has 0 amide bonds. The lowest BCUT2D eigenvalue weighted by Crippen LogP contribution is -2.35. The molecule has 0 spiro atoms. The maximum absolute atomic E-state index is 13.9. The zero-order valence-corrected chi connectivity index (χ0v) is 10.6. The molecule has 0 radical (unpaired) electrons. The Morgan fingerprint density at radius 3 is 2.55 bits per heavy atom. The molecule has 0 bridgehead atoms. The van der Waals surface area contributed by atoms with E-state index in [0.29, 0.717) is 0 Å². The first-order valence-electron chi connectivity index (χ1n) is 6.32. The van der Waals surface area contributed by atoms with E-state index >= 15 is 0 Å². The summed E-state index contributed by atoms with van der Waals surface area (Å²) in [5, 5.41) is 9.59. The van der Waals surface area contributed by atoms with Crippen LogP contribution in [0.25, 0.3) is 0 Å². The van der Waals surface area contributed by atoms with Crippen LogP contribution in [0.2, 0.25) is 0 Å². The average Bonchev–Trinajstić information content (AvgIpc) is 2.53. The Morgan fingerprint density at radius 1 is 1.30 bits per heavy atom. The van der Waals surface area contributed by atoms with Crippen molar-refractivity contribution in [2.24, 2.45) is 0 Å². The van der Waals surface area contributed by atoms with E-state index in [1.807, 2.05) is 0 Å². The fourth-order valence-electron chi connectivity index (χ4n) is 2.62. The summed E-state index contributed by atoms with van der Waals surface area (Å²) >= 11 is 0. The Labute approximate surface area is 112 Å². The highest BCUT2D eigenvalue weighted by Gasteiger charge is 2.58. The second kappa shape index (κ2) is 4.31. The summed E-state index contributed by atoms with van der Waals surface area (Å²) in [5.74, 6) is -4.04.